The predicted octanol–water partition coefficient (Wildman–Crippen LogP) is 4.22. The molecule has 0 bridgehead atoms. The van der Waals surface area contributed by atoms with Gasteiger partial charge in [0, 0.05) is 0 Å². The van der Waals surface area contributed by atoms with Crippen molar-refractivity contribution in [3.05, 3.63) is 36.0 Å². The second kappa shape index (κ2) is 7.45. The monoisotopic (exact) mass is 221 g/mol. The fraction of sp³-hybridized carbons (Fsp3) is 0.600. The molecule has 0 saturated carbocycles. The highest BCUT2D eigenvalue weighted by molar-refractivity contribution is 5.25. The highest BCUT2D eigenvalue weighted by Gasteiger charge is 2.11. The van der Waals surface area contributed by atoms with Crippen LogP contribution < -0.4 is 5.73 Å². The minimum Gasteiger partial charge on any atom is -0.330 e. The minimum atomic E-state index is 0.164. The van der Waals surface area contributed by atoms with Crippen LogP contribution in [0.3, 0.4) is 0 Å². The maximum absolute atomic E-state index is 5.46. The predicted molar refractivity (Wildman–Crippen MR) is 74.4 cm³/mol. The van der Waals surface area contributed by atoms with E-state index in [-0.39, 0.29) is 5.41 Å². The number of unbranched alkanes of at least 4 members (excludes halogenated alkanes) is 1. The van der Waals surface area contributed by atoms with Crippen molar-refractivity contribution in [1.29, 1.82) is 0 Å². The molecule has 0 saturated heterocycles. The lowest BCUT2D eigenvalue weighted by atomic mass is 9.87. The van der Waals surface area contributed by atoms with Crippen molar-refractivity contribution in [2.45, 2.75) is 47.0 Å². The number of hydrogen-bond donors (Lipinski definition) is 1. The van der Waals surface area contributed by atoms with Crippen molar-refractivity contribution < 1.29 is 0 Å². The Morgan fingerprint density at radius 1 is 1.25 bits per heavy atom. The fourth-order valence-corrected chi connectivity index (χ4v) is 1.21. The summed E-state index contributed by atoms with van der Waals surface area (Å²) in [7, 11) is 0. The van der Waals surface area contributed by atoms with Crippen LogP contribution in [0.4, 0.5) is 0 Å². The van der Waals surface area contributed by atoms with E-state index in [0.717, 1.165) is 19.4 Å². The number of hydrogen-bond acceptors (Lipinski definition) is 1. The average molecular weight is 221 g/mol. The molecule has 0 fully saturated rings. The molecule has 0 aliphatic heterocycles. The van der Waals surface area contributed by atoms with Crippen LogP contribution in [-0.2, 0) is 0 Å². The van der Waals surface area contributed by atoms with Gasteiger partial charge in [0.1, 0.15) is 0 Å². The lowest BCUT2D eigenvalue weighted by Gasteiger charge is -2.18. The molecule has 0 aliphatic rings. The summed E-state index contributed by atoms with van der Waals surface area (Å²) < 4.78 is 0. The minimum absolute atomic E-state index is 0.164. The van der Waals surface area contributed by atoms with Gasteiger partial charge in [-0.15, -0.1) is 0 Å². The number of rotatable bonds is 6. The summed E-state index contributed by atoms with van der Waals surface area (Å²) in [5.74, 6) is 0. The van der Waals surface area contributed by atoms with Gasteiger partial charge in [0.05, 0.1) is 0 Å². The molecule has 1 nitrogen and oxygen atoms in total. The van der Waals surface area contributed by atoms with Gasteiger partial charge in [0.25, 0.3) is 0 Å². The molecule has 2 N–H and O–H groups in total. The molecule has 0 aliphatic carbocycles. The van der Waals surface area contributed by atoms with Crippen LogP contribution in [0, 0.1) is 5.41 Å². The number of nitrogens with two attached hydrogens (primary N) is 1. The largest absolute Gasteiger partial charge is 0.330 e. The van der Waals surface area contributed by atoms with Crippen LogP contribution in [0.2, 0.25) is 0 Å². The zero-order valence-electron chi connectivity index (χ0n) is 11.3. The van der Waals surface area contributed by atoms with E-state index < -0.39 is 0 Å². The second-order valence-corrected chi connectivity index (χ2v) is 5.39. The Kier molecular flexibility index (Phi) is 7.07. The van der Waals surface area contributed by atoms with Crippen LogP contribution in [0.25, 0.3) is 0 Å². The summed E-state index contributed by atoms with van der Waals surface area (Å²) in [6.07, 6.45) is 9.82. The van der Waals surface area contributed by atoms with Crippen LogP contribution in [0.15, 0.2) is 36.0 Å². The van der Waals surface area contributed by atoms with Crippen molar-refractivity contribution >= 4 is 0 Å². The van der Waals surface area contributed by atoms with Crippen molar-refractivity contribution in [2.24, 2.45) is 11.1 Å². The first-order valence-electron chi connectivity index (χ1n) is 6.11. The Labute approximate surface area is 101 Å². The van der Waals surface area contributed by atoms with Gasteiger partial charge in [-0.3, -0.25) is 0 Å². The van der Waals surface area contributed by atoms with E-state index in [9.17, 15) is 0 Å². The SMILES string of the molecule is C=C(/C=C\C=C(/C)CCCCN)C(C)(C)C. The van der Waals surface area contributed by atoms with E-state index in [1.165, 1.54) is 17.6 Å². The van der Waals surface area contributed by atoms with E-state index in [4.69, 9.17) is 5.73 Å². The van der Waals surface area contributed by atoms with Crippen molar-refractivity contribution in [2.75, 3.05) is 6.54 Å². The Hall–Kier alpha value is -0.820. The van der Waals surface area contributed by atoms with Crippen LogP contribution in [-0.4, -0.2) is 6.54 Å². The zero-order valence-corrected chi connectivity index (χ0v) is 11.3. The molecule has 0 radical (unpaired) electrons. The molecule has 16 heavy (non-hydrogen) atoms. The molecular weight excluding hydrogens is 194 g/mol. The Morgan fingerprint density at radius 2 is 1.88 bits per heavy atom. The van der Waals surface area contributed by atoms with Crippen molar-refractivity contribution in [3.8, 4) is 0 Å². The standard InChI is InChI=1S/C15H27N/c1-13(9-6-7-12-16)10-8-11-14(2)15(3,4)5/h8,10-11H,2,6-7,9,12,16H2,1,3-5H3/b11-8-,13-10+. The van der Waals surface area contributed by atoms with Crippen LogP contribution in [0.5, 0.6) is 0 Å². The quantitative estimate of drug-likeness (QED) is 0.527. The maximum atomic E-state index is 5.46. The summed E-state index contributed by atoms with van der Waals surface area (Å²) in [6.45, 7) is 13.6. The molecule has 0 aromatic heterocycles. The molecule has 0 amide bonds. The molecule has 0 heterocycles. The molecule has 92 valence electrons. The first-order valence-corrected chi connectivity index (χ1v) is 6.11. The molecule has 0 rings (SSSR count). The van der Waals surface area contributed by atoms with Gasteiger partial charge in [-0.25, -0.2) is 0 Å². The summed E-state index contributed by atoms with van der Waals surface area (Å²) in [5, 5.41) is 0. The van der Waals surface area contributed by atoms with Crippen LogP contribution in [0.1, 0.15) is 47.0 Å². The van der Waals surface area contributed by atoms with E-state index in [2.05, 4.69) is 52.5 Å². The summed E-state index contributed by atoms with van der Waals surface area (Å²) in [5.41, 5.74) is 8.20. The first kappa shape index (κ1) is 15.2. The summed E-state index contributed by atoms with van der Waals surface area (Å²) in [6, 6.07) is 0. The average Bonchev–Trinajstić information content (AvgIpc) is 2.16. The van der Waals surface area contributed by atoms with Gasteiger partial charge < -0.3 is 5.73 Å². The molecule has 0 aromatic rings. The van der Waals surface area contributed by atoms with Crippen molar-refractivity contribution in [1.82, 2.24) is 0 Å². The molecule has 1 heteroatoms. The fourth-order valence-electron chi connectivity index (χ4n) is 1.21. The Morgan fingerprint density at radius 3 is 2.38 bits per heavy atom. The third-order valence-electron chi connectivity index (χ3n) is 2.67. The van der Waals surface area contributed by atoms with Gasteiger partial charge in [-0.05, 0) is 43.7 Å². The van der Waals surface area contributed by atoms with Gasteiger partial charge in [-0.2, -0.15) is 0 Å². The highest BCUT2D eigenvalue weighted by atomic mass is 14.5. The third-order valence-corrected chi connectivity index (χ3v) is 2.67. The molecule has 0 atom stereocenters. The highest BCUT2D eigenvalue weighted by Crippen LogP contribution is 2.24. The van der Waals surface area contributed by atoms with E-state index in [1.807, 2.05) is 0 Å². The smallest absolute Gasteiger partial charge is 0.00772 e. The third kappa shape index (κ3) is 7.47. The Balaban J connectivity index is 4.06. The van der Waals surface area contributed by atoms with E-state index >= 15 is 0 Å². The van der Waals surface area contributed by atoms with Gasteiger partial charge in [0.15, 0.2) is 0 Å². The van der Waals surface area contributed by atoms with Gasteiger partial charge in [-0.1, -0.05) is 51.2 Å². The summed E-state index contributed by atoms with van der Waals surface area (Å²) >= 11 is 0. The lowest BCUT2D eigenvalue weighted by molar-refractivity contribution is 0.519. The first-order chi connectivity index (χ1) is 7.38. The second-order valence-electron chi connectivity index (χ2n) is 5.39. The molecule has 0 spiro atoms. The van der Waals surface area contributed by atoms with E-state index in [0.29, 0.717) is 0 Å². The molecule has 0 unspecified atom stereocenters. The maximum Gasteiger partial charge on any atom is -0.00772 e. The van der Waals surface area contributed by atoms with Crippen LogP contribution >= 0.6 is 0 Å². The van der Waals surface area contributed by atoms with E-state index in [1.54, 1.807) is 0 Å². The summed E-state index contributed by atoms with van der Waals surface area (Å²) in [4.78, 5) is 0. The molecular formula is C15H27N. The topological polar surface area (TPSA) is 26.0 Å². The normalized spacial score (nSPS) is 13.4. The lowest BCUT2D eigenvalue weighted by Crippen LogP contribution is -2.05. The van der Waals surface area contributed by atoms with Gasteiger partial charge in [0.2, 0.25) is 0 Å². The number of allylic oxidation sites excluding steroid dienone is 5. The zero-order chi connectivity index (χ0) is 12.6. The Bertz CT molecular complexity index is 264. The van der Waals surface area contributed by atoms with Crippen molar-refractivity contribution in [3.63, 3.8) is 0 Å². The molecule has 0 aromatic carbocycles. The van der Waals surface area contributed by atoms with Gasteiger partial charge >= 0.3 is 0 Å².